The first kappa shape index (κ1) is 18.8. The van der Waals surface area contributed by atoms with Crippen molar-refractivity contribution >= 4 is 6.09 Å². The molecule has 0 bridgehead atoms. The van der Waals surface area contributed by atoms with E-state index in [0.29, 0.717) is 6.04 Å². The lowest BCUT2D eigenvalue weighted by Crippen LogP contribution is -2.46. The van der Waals surface area contributed by atoms with Crippen molar-refractivity contribution in [1.82, 2.24) is 14.8 Å². The number of rotatable bonds is 4. The number of aryl methyl sites for hydroxylation is 1. The maximum atomic E-state index is 12.1. The summed E-state index contributed by atoms with van der Waals surface area (Å²) in [6, 6.07) is 2.75. The largest absolute Gasteiger partial charge is 0.444 e. The lowest BCUT2D eigenvalue weighted by atomic mass is 10.0. The second-order valence-corrected chi connectivity index (χ2v) is 7.76. The van der Waals surface area contributed by atoms with Gasteiger partial charge in [0.15, 0.2) is 0 Å². The first-order chi connectivity index (χ1) is 11.2. The third-order valence-corrected chi connectivity index (χ3v) is 4.72. The van der Waals surface area contributed by atoms with E-state index < -0.39 is 5.60 Å². The first-order valence-electron chi connectivity index (χ1n) is 9.08. The van der Waals surface area contributed by atoms with Gasteiger partial charge in [0.25, 0.3) is 0 Å². The number of carbonyl (C=O) groups is 1. The zero-order chi connectivity index (χ0) is 17.9. The molecular weight excluding hydrogens is 302 g/mol. The van der Waals surface area contributed by atoms with Gasteiger partial charge >= 0.3 is 6.09 Å². The molecule has 1 aromatic heterocycles. The van der Waals surface area contributed by atoms with E-state index in [2.05, 4.69) is 36.7 Å². The summed E-state index contributed by atoms with van der Waals surface area (Å²) >= 11 is 0. The third-order valence-electron chi connectivity index (χ3n) is 4.72. The van der Waals surface area contributed by atoms with E-state index in [4.69, 9.17) is 4.74 Å². The van der Waals surface area contributed by atoms with Crippen molar-refractivity contribution < 1.29 is 9.53 Å². The number of nitrogens with zero attached hydrogens (tertiary/aromatic N) is 2. The fourth-order valence-corrected chi connectivity index (χ4v) is 3.38. The maximum Gasteiger partial charge on any atom is 0.410 e. The zero-order valence-corrected chi connectivity index (χ0v) is 16.1. The van der Waals surface area contributed by atoms with Gasteiger partial charge in [0.1, 0.15) is 5.60 Å². The van der Waals surface area contributed by atoms with Gasteiger partial charge in [0, 0.05) is 43.6 Å². The number of piperidine rings is 1. The van der Waals surface area contributed by atoms with Gasteiger partial charge in [-0.3, -0.25) is 0 Å². The topological polar surface area (TPSA) is 46.5 Å². The molecule has 24 heavy (non-hydrogen) atoms. The molecule has 2 rings (SSSR count). The summed E-state index contributed by atoms with van der Waals surface area (Å²) in [6.07, 6.45) is 1.77. The molecule has 0 unspecified atom stereocenters. The van der Waals surface area contributed by atoms with Gasteiger partial charge in [0.05, 0.1) is 0 Å². The summed E-state index contributed by atoms with van der Waals surface area (Å²) in [4.78, 5) is 13.9. The van der Waals surface area contributed by atoms with Gasteiger partial charge in [0.2, 0.25) is 0 Å². The number of aromatic nitrogens is 1. The molecule has 0 spiro atoms. The molecule has 1 amide bonds. The normalized spacial score (nSPS) is 16.5. The predicted molar refractivity (Wildman–Crippen MR) is 97.2 cm³/mol. The molecule has 0 aromatic carbocycles. The molecule has 5 heteroatoms. The average Bonchev–Trinajstić information content (AvgIpc) is 2.77. The lowest BCUT2D eigenvalue weighted by Gasteiger charge is -2.33. The molecule has 0 saturated carbocycles. The summed E-state index contributed by atoms with van der Waals surface area (Å²) < 4.78 is 7.80. The van der Waals surface area contributed by atoms with Crippen molar-refractivity contribution in [2.24, 2.45) is 0 Å². The molecule has 1 N–H and O–H groups in total. The Kier molecular flexibility index (Phi) is 5.97. The smallest absolute Gasteiger partial charge is 0.410 e. The Morgan fingerprint density at radius 3 is 2.42 bits per heavy atom. The highest BCUT2D eigenvalue weighted by Gasteiger charge is 2.26. The fraction of sp³-hybridized carbons (Fsp3) is 0.737. The van der Waals surface area contributed by atoms with E-state index >= 15 is 0 Å². The number of carbonyl (C=O) groups excluding carboxylic acids is 1. The van der Waals surface area contributed by atoms with Gasteiger partial charge in [-0.05, 0) is 66.0 Å². The second kappa shape index (κ2) is 7.60. The predicted octanol–water partition coefficient (Wildman–Crippen LogP) is 3.61. The Balaban J connectivity index is 1.80. The highest BCUT2D eigenvalue weighted by molar-refractivity contribution is 5.68. The van der Waals surface area contributed by atoms with Crippen LogP contribution in [0.15, 0.2) is 6.07 Å². The summed E-state index contributed by atoms with van der Waals surface area (Å²) in [5.74, 6) is 0. The Morgan fingerprint density at radius 2 is 1.92 bits per heavy atom. The first-order valence-corrected chi connectivity index (χ1v) is 9.08. The van der Waals surface area contributed by atoms with Crippen LogP contribution in [-0.4, -0.2) is 40.3 Å². The van der Waals surface area contributed by atoms with Crippen LogP contribution in [-0.2, 0) is 17.8 Å². The molecular formula is C19H33N3O2. The number of likely N-dealkylation sites (tertiary alicyclic amines) is 1. The molecule has 1 saturated heterocycles. The minimum atomic E-state index is -0.423. The van der Waals surface area contributed by atoms with Gasteiger partial charge in [-0.1, -0.05) is 0 Å². The van der Waals surface area contributed by atoms with E-state index in [0.717, 1.165) is 39.0 Å². The minimum absolute atomic E-state index is 0.188. The number of amides is 1. The molecule has 1 aromatic rings. The third kappa shape index (κ3) is 4.76. The van der Waals surface area contributed by atoms with E-state index in [1.54, 1.807) is 0 Å². The highest BCUT2D eigenvalue weighted by atomic mass is 16.6. The molecule has 136 valence electrons. The Hall–Kier alpha value is -1.49. The zero-order valence-electron chi connectivity index (χ0n) is 16.1. The highest BCUT2D eigenvalue weighted by Crippen LogP contribution is 2.18. The molecule has 1 fully saturated rings. The number of hydrogen-bond donors (Lipinski definition) is 1. The Morgan fingerprint density at radius 1 is 1.29 bits per heavy atom. The minimum Gasteiger partial charge on any atom is -0.444 e. The number of nitrogens with one attached hydrogen (secondary N) is 1. The van der Waals surface area contributed by atoms with E-state index in [-0.39, 0.29) is 6.09 Å². The summed E-state index contributed by atoms with van der Waals surface area (Å²) in [6.45, 7) is 15.7. The van der Waals surface area contributed by atoms with Crippen LogP contribution in [0.3, 0.4) is 0 Å². The summed E-state index contributed by atoms with van der Waals surface area (Å²) in [7, 11) is 0. The molecule has 1 aliphatic rings. The van der Waals surface area contributed by atoms with Crippen molar-refractivity contribution in [3.05, 3.63) is 23.0 Å². The van der Waals surface area contributed by atoms with E-state index in [1.807, 2.05) is 25.7 Å². The van der Waals surface area contributed by atoms with Gasteiger partial charge in [-0.25, -0.2) is 4.79 Å². The number of hydrogen-bond acceptors (Lipinski definition) is 3. The number of ether oxygens (including phenoxy) is 1. The maximum absolute atomic E-state index is 12.1. The van der Waals surface area contributed by atoms with Crippen molar-refractivity contribution in [2.75, 3.05) is 13.1 Å². The van der Waals surface area contributed by atoms with Crippen molar-refractivity contribution in [2.45, 2.75) is 79.1 Å². The Bertz CT molecular complexity index is 564. The molecule has 0 atom stereocenters. The molecule has 0 radical (unpaired) electrons. The SMILES string of the molecule is CCn1c(C)cc(CNC2CCN(C(=O)OC(C)(C)C)CC2)c1C. The van der Waals surface area contributed by atoms with Gasteiger partial charge < -0.3 is 19.5 Å². The summed E-state index contributed by atoms with van der Waals surface area (Å²) in [5.41, 5.74) is 3.64. The molecule has 2 heterocycles. The average molecular weight is 335 g/mol. The van der Waals surface area contributed by atoms with Gasteiger partial charge in [-0.15, -0.1) is 0 Å². The van der Waals surface area contributed by atoms with Crippen LogP contribution in [0.4, 0.5) is 4.79 Å². The molecule has 1 aliphatic heterocycles. The summed E-state index contributed by atoms with van der Waals surface area (Å²) in [5, 5.41) is 3.66. The quantitative estimate of drug-likeness (QED) is 0.914. The van der Waals surface area contributed by atoms with Crippen LogP contribution in [0.2, 0.25) is 0 Å². The lowest BCUT2D eigenvalue weighted by molar-refractivity contribution is 0.0198. The molecule has 0 aliphatic carbocycles. The van der Waals surface area contributed by atoms with Crippen LogP contribution >= 0.6 is 0 Å². The van der Waals surface area contributed by atoms with Crippen molar-refractivity contribution in [1.29, 1.82) is 0 Å². The van der Waals surface area contributed by atoms with Crippen LogP contribution in [0.1, 0.15) is 57.5 Å². The standard InChI is InChI=1S/C19H33N3O2/c1-7-22-14(2)12-16(15(22)3)13-20-17-8-10-21(11-9-17)18(23)24-19(4,5)6/h12,17,20H,7-11,13H2,1-6H3. The second-order valence-electron chi connectivity index (χ2n) is 7.76. The fourth-order valence-electron chi connectivity index (χ4n) is 3.38. The van der Waals surface area contributed by atoms with E-state index in [9.17, 15) is 4.79 Å². The monoisotopic (exact) mass is 335 g/mol. The molecule has 5 nitrogen and oxygen atoms in total. The van der Waals surface area contributed by atoms with E-state index in [1.165, 1.54) is 17.0 Å². The van der Waals surface area contributed by atoms with Crippen molar-refractivity contribution in [3.8, 4) is 0 Å². The van der Waals surface area contributed by atoms with Crippen LogP contribution in [0, 0.1) is 13.8 Å². The Labute approximate surface area is 146 Å². The van der Waals surface area contributed by atoms with Crippen molar-refractivity contribution in [3.63, 3.8) is 0 Å². The van der Waals surface area contributed by atoms with Crippen LogP contribution in [0.25, 0.3) is 0 Å². The van der Waals surface area contributed by atoms with Gasteiger partial charge in [-0.2, -0.15) is 0 Å². The van der Waals surface area contributed by atoms with Crippen LogP contribution in [0.5, 0.6) is 0 Å². The van der Waals surface area contributed by atoms with Crippen LogP contribution < -0.4 is 5.32 Å².